The van der Waals surface area contributed by atoms with Gasteiger partial charge in [-0.1, -0.05) is 0 Å². The van der Waals surface area contributed by atoms with Gasteiger partial charge in [-0.15, -0.1) is 4.80 Å². The first-order chi connectivity index (χ1) is 7.31. The number of aromatic nitrogens is 4. The average Bonchev–Trinajstić information content (AvgIpc) is 2.82. The summed E-state index contributed by atoms with van der Waals surface area (Å²) in [5.41, 5.74) is 0.397. The number of carbonyl (C=O) groups excluding carboxylic acids is 1. The van der Waals surface area contributed by atoms with Crippen LogP contribution in [0.25, 0.3) is 5.82 Å². The number of esters is 1. The molecule has 0 bridgehead atoms. The van der Waals surface area contributed by atoms with Gasteiger partial charge in [0.2, 0.25) is 0 Å². The highest BCUT2D eigenvalue weighted by Gasteiger charge is 2.06. The molecule has 0 aliphatic rings. The molecule has 0 saturated carbocycles. The predicted molar refractivity (Wildman–Crippen MR) is 50.5 cm³/mol. The Morgan fingerprint density at radius 3 is 2.60 bits per heavy atom. The van der Waals surface area contributed by atoms with Crippen molar-refractivity contribution >= 4 is 5.97 Å². The van der Waals surface area contributed by atoms with Crippen molar-refractivity contribution in [1.82, 2.24) is 20.0 Å². The smallest absolute Gasteiger partial charge is 0.339 e. The molecule has 6 heteroatoms. The third-order valence-electron chi connectivity index (χ3n) is 1.79. The summed E-state index contributed by atoms with van der Waals surface area (Å²) in [6.07, 6.45) is 4.52. The maximum absolute atomic E-state index is 11.1. The molecule has 0 spiro atoms. The van der Waals surface area contributed by atoms with E-state index in [-0.39, 0.29) is 0 Å². The van der Waals surface area contributed by atoms with Crippen molar-refractivity contribution in [3.05, 3.63) is 36.3 Å². The Bertz CT molecular complexity index is 449. The van der Waals surface area contributed by atoms with Gasteiger partial charge in [0.25, 0.3) is 0 Å². The Morgan fingerprint density at radius 2 is 2.07 bits per heavy atom. The zero-order valence-corrected chi connectivity index (χ0v) is 7.99. The third kappa shape index (κ3) is 1.83. The molecule has 0 radical (unpaired) electrons. The van der Waals surface area contributed by atoms with Crippen LogP contribution in [0.15, 0.2) is 30.7 Å². The molecule has 0 aliphatic heterocycles. The van der Waals surface area contributed by atoms with Gasteiger partial charge in [0.15, 0.2) is 5.82 Å². The van der Waals surface area contributed by atoms with E-state index in [0.29, 0.717) is 11.4 Å². The largest absolute Gasteiger partial charge is 0.465 e. The SMILES string of the molecule is COC(=O)c1ccc(-n2nccn2)nc1. The standard InChI is InChI=1S/C9H8N4O2/c1-15-9(14)7-2-3-8(10-6-7)13-11-4-5-12-13/h2-6H,1H3. The lowest BCUT2D eigenvalue weighted by Gasteiger charge is -2.00. The first-order valence-electron chi connectivity index (χ1n) is 4.22. The molecule has 0 saturated heterocycles. The van der Waals surface area contributed by atoms with Crippen LogP contribution in [-0.4, -0.2) is 33.1 Å². The van der Waals surface area contributed by atoms with Gasteiger partial charge in [0.1, 0.15) is 0 Å². The lowest BCUT2D eigenvalue weighted by Crippen LogP contribution is -2.05. The zero-order chi connectivity index (χ0) is 10.7. The van der Waals surface area contributed by atoms with Crippen LogP contribution in [0.1, 0.15) is 10.4 Å². The molecule has 6 nitrogen and oxygen atoms in total. The van der Waals surface area contributed by atoms with E-state index >= 15 is 0 Å². The molecule has 0 aromatic carbocycles. The van der Waals surface area contributed by atoms with E-state index in [2.05, 4.69) is 19.9 Å². The summed E-state index contributed by atoms with van der Waals surface area (Å²) >= 11 is 0. The van der Waals surface area contributed by atoms with E-state index in [1.54, 1.807) is 24.5 Å². The molecule has 0 aliphatic carbocycles. The second-order valence-electron chi connectivity index (χ2n) is 2.72. The van der Waals surface area contributed by atoms with E-state index in [1.807, 2.05) is 0 Å². The molecule has 2 heterocycles. The zero-order valence-electron chi connectivity index (χ0n) is 7.99. The van der Waals surface area contributed by atoms with Gasteiger partial charge < -0.3 is 4.74 Å². The molecule has 0 N–H and O–H groups in total. The highest BCUT2D eigenvalue weighted by Crippen LogP contribution is 2.04. The van der Waals surface area contributed by atoms with Crippen molar-refractivity contribution in [3.8, 4) is 5.82 Å². The van der Waals surface area contributed by atoms with E-state index in [9.17, 15) is 4.79 Å². The molecule has 15 heavy (non-hydrogen) atoms. The summed E-state index contributed by atoms with van der Waals surface area (Å²) < 4.78 is 4.55. The monoisotopic (exact) mass is 204 g/mol. The molecule has 0 atom stereocenters. The van der Waals surface area contributed by atoms with Crippen LogP contribution in [-0.2, 0) is 4.74 Å². The Labute approximate surface area is 85.5 Å². The van der Waals surface area contributed by atoms with E-state index in [0.717, 1.165) is 0 Å². The summed E-state index contributed by atoms with van der Waals surface area (Å²) in [5.74, 6) is 0.134. The van der Waals surface area contributed by atoms with Gasteiger partial charge in [0.05, 0.1) is 25.1 Å². The predicted octanol–water partition coefficient (Wildman–Crippen LogP) is 0.449. The van der Waals surface area contributed by atoms with Crippen LogP contribution in [0, 0.1) is 0 Å². The Kier molecular flexibility index (Phi) is 2.40. The molecule has 2 rings (SSSR count). The van der Waals surface area contributed by atoms with Crippen molar-refractivity contribution in [1.29, 1.82) is 0 Å². The second-order valence-corrected chi connectivity index (χ2v) is 2.72. The van der Waals surface area contributed by atoms with E-state index in [4.69, 9.17) is 0 Å². The van der Waals surface area contributed by atoms with E-state index in [1.165, 1.54) is 18.1 Å². The summed E-state index contributed by atoms with van der Waals surface area (Å²) in [7, 11) is 1.32. The fourth-order valence-corrected chi connectivity index (χ4v) is 1.08. The Hall–Kier alpha value is -2.24. The third-order valence-corrected chi connectivity index (χ3v) is 1.79. The molecule has 0 fully saturated rings. The number of ether oxygens (including phenoxy) is 1. The normalized spacial score (nSPS) is 9.93. The Balaban J connectivity index is 2.29. The van der Waals surface area contributed by atoms with Crippen molar-refractivity contribution in [2.75, 3.05) is 7.11 Å². The van der Waals surface area contributed by atoms with Gasteiger partial charge >= 0.3 is 5.97 Å². The number of methoxy groups -OCH3 is 1. The van der Waals surface area contributed by atoms with Crippen molar-refractivity contribution in [2.45, 2.75) is 0 Å². The topological polar surface area (TPSA) is 69.9 Å². The number of hydrogen-bond acceptors (Lipinski definition) is 5. The highest BCUT2D eigenvalue weighted by molar-refractivity contribution is 5.88. The minimum atomic E-state index is -0.414. The van der Waals surface area contributed by atoms with Crippen LogP contribution in [0.5, 0.6) is 0 Å². The van der Waals surface area contributed by atoms with Gasteiger partial charge in [-0.2, -0.15) is 10.2 Å². The van der Waals surface area contributed by atoms with Gasteiger partial charge in [0, 0.05) is 6.20 Å². The van der Waals surface area contributed by atoms with Crippen LogP contribution in [0.3, 0.4) is 0 Å². The summed E-state index contributed by atoms with van der Waals surface area (Å²) in [4.78, 5) is 16.5. The Morgan fingerprint density at radius 1 is 1.33 bits per heavy atom. The van der Waals surface area contributed by atoms with Gasteiger partial charge in [-0.3, -0.25) is 0 Å². The first-order valence-corrected chi connectivity index (χ1v) is 4.22. The van der Waals surface area contributed by atoms with Gasteiger partial charge in [-0.05, 0) is 12.1 Å². The highest BCUT2D eigenvalue weighted by atomic mass is 16.5. The van der Waals surface area contributed by atoms with Gasteiger partial charge in [-0.25, -0.2) is 9.78 Å². The van der Waals surface area contributed by atoms with Crippen LogP contribution >= 0.6 is 0 Å². The summed E-state index contributed by atoms with van der Waals surface area (Å²) in [5, 5.41) is 7.82. The quantitative estimate of drug-likeness (QED) is 0.664. The molecule has 2 aromatic rings. The number of rotatable bonds is 2. The maximum atomic E-state index is 11.1. The molecule has 2 aromatic heterocycles. The number of pyridine rings is 1. The van der Waals surface area contributed by atoms with Crippen molar-refractivity contribution < 1.29 is 9.53 Å². The van der Waals surface area contributed by atoms with Crippen LogP contribution < -0.4 is 0 Å². The molecule has 0 unspecified atom stereocenters. The molecule has 76 valence electrons. The second kappa shape index (κ2) is 3.87. The fraction of sp³-hybridized carbons (Fsp3) is 0.111. The number of nitrogens with zero attached hydrogens (tertiary/aromatic N) is 4. The fourth-order valence-electron chi connectivity index (χ4n) is 1.08. The van der Waals surface area contributed by atoms with Crippen molar-refractivity contribution in [2.24, 2.45) is 0 Å². The summed E-state index contributed by atoms with van der Waals surface area (Å²) in [6, 6.07) is 3.25. The molecule has 0 amide bonds. The van der Waals surface area contributed by atoms with Crippen LogP contribution in [0.4, 0.5) is 0 Å². The lowest BCUT2D eigenvalue weighted by atomic mass is 10.3. The van der Waals surface area contributed by atoms with E-state index < -0.39 is 5.97 Å². The molecular weight excluding hydrogens is 196 g/mol. The van der Waals surface area contributed by atoms with Crippen molar-refractivity contribution in [3.63, 3.8) is 0 Å². The molecular formula is C9H8N4O2. The minimum Gasteiger partial charge on any atom is -0.465 e. The first kappa shape index (κ1) is 9.32. The minimum absolute atomic E-state index is 0.397. The summed E-state index contributed by atoms with van der Waals surface area (Å²) in [6.45, 7) is 0. The number of hydrogen-bond donors (Lipinski definition) is 0. The lowest BCUT2D eigenvalue weighted by molar-refractivity contribution is 0.0600. The number of carbonyl (C=O) groups is 1. The van der Waals surface area contributed by atoms with Crippen LogP contribution in [0.2, 0.25) is 0 Å². The average molecular weight is 204 g/mol. The maximum Gasteiger partial charge on any atom is 0.339 e.